The van der Waals surface area contributed by atoms with Crippen LogP contribution in [0.2, 0.25) is 0 Å². The molecule has 2 aromatic rings. The van der Waals surface area contributed by atoms with Gasteiger partial charge in [0.25, 0.3) is 15.6 Å². The molecule has 2 heterocycles. The standard InChI is InChI=1S/C10H9BrN4O5S/c1-15-4-7(9(17)13-10(15)18)21(19,20)14-6-3-12-2-5(11)8(6)16/h2-4,14H,1H3,(H,12,16)(H,13,17,18). The van der Waals surface area contributed by atoms with Crippen LogP contribution in [0.15, 0.2) is 42.3 Å². The summed E-state index contributed by atoms with van der Waals surface area (Å²) in [6, 6.07) is 0. The van der Waals surface area contributed by atoms with Crippen LogP contribution < -0.4 is 21.4 Å². The number of aromatic amines is 2. The molecule has 0 fully saturated rings. The Morgan fingerprint density at radius 2 is 1.90 bits per heavy atom. The van der Waals surface area contributed by atoms with Gasteiger partial charge in [0.05, 0.1) is 4.47 Å². The molecule has 2 rings (SSSR count). The fourth-order valence-corrected chi connectivity index (χ4v) is 2.95. The number of nitrogens with one attached hydrogen (secondary N) is 3. The highest BCUT2D eigenvalue weighted by Crippen LogP contribution is 2.10. The molecule has 0 aliphatic carbocycles. The molecule has 0 aliphatic heterocycles. The molecule has 0 radical (unpaired) electrons. The topological polar surface area (TPSA) is 134 Å². The molecule has 0 spiro atoms. The second-order valence-corrected chi connectivity index (χ2v) is 6.52. The van der Waals surface area contributed by atoms with Gasteiger partial charge in [-0.3, -0.25) is 19.3 Å². The highest BCUT2D eigenvalue weighted by molar-refractivity contribution is 9.10. The first-order valence-corrected chi connectivity index (χ1v) is 7.69. The lowest BCUT2D eigenvalue weighted by Gasteiger charge is -2.07. The van der Waals surface area contributed by atoms with Crippen LogP contribution in [0.5, 0.6) is 0 Å². The molecule has 0 aromatic carbocycles. The fourth-order valence-electron chi connectivity index (χ4n) is 1.46. The molecule has 0 unspecified atom stereocenters. The molecule has 2 aromatic heterocycles. The molecule has 0 saturated heterocycles. The van der Waals surface area contributed by atoms with Crippen molar-refractivity contribution >= 4 is 31.6 Å². The van der Waals surface area contributed by atoms with Crippen LogP contribution in [-0.4, -0.2) is 23.0 Å². The maximum atomic E-state index is 12.1. The number of pyridine rings is 1. The van der Waals surface area contributed by atoms with Gasteiger partial charge in [0.1, 0.15) is 5.69 Å². The Bertz CT molecular complexity index is 972. The number of aryl methyl sites for hydroxylation is 1. The summed E-state index contributed by atoms with van der Waals surface area (Å²) in [5.74, 6) is 0. The van der Waals surface area contributed by atoms with Crippen LogP contribution in [0.1, 0.15) is 0 Å². The van der Waals surface area contributed by atoms with Crippen LogP contribution in [0.3, 0.4) is 0 Å². The van der Waals surface area contributed by atoms with Crippen molar-refractivity contribution in [3.8, 4) is 0 Å². The maximum absolute atomic E-state index is 12.1. The van der Waals surface area contributed by atoms with Crippen molar-refractivity contribution in [2.75, 3.05) is 4.72 Å². The first-order valence-electron chi connectivity index (χ1n) is 5.42. The molecule has 112 valence electrons. The van der Waals surface area contributed by atoms with E-state index in [1.54, 1.807) is 0 Å². The van der Waals surface area contributed by atoms with Gasteiger partial charge in [-0.15, -0.1) is 0 Å². The molecule has 0 aliphatic rings. The predicted molar refractivity (Wildman–Crippen MR) is 77.9 cm³/mol. The number of H-pyrrole nitrogens is 2. The third-order valence-corrected chi connectivity index (χ3v) is 4.46. The quantitative estimate of drug-likeness (QED) is 0.652. The van der Waals surface area contributed by atoms with Crippen molar-refractivity contribution < 1.29 is 8.42 Å². The predicted octanol–water partition coefficient (Wildman–Crippen LogP) is -0.675. The van der Waals surface area contributed by atoms with E-state index in [1.807, 2.05) is 9.71 Å². The van der Waals surface area contributed by atoms with Gasteiger partial charge in [0.15, 0.2) is 4.90 Å². The Balaban J connectivity index is 2.56. The molecule has 11 heteroatoms. The SMILES string of the molecule is Cn1cc(S(=O)(=O)Nc2c[nH]cc(Br)c2=O)c(=O)[nH]c1=O. The van der Waals surface area contributed by atoms with Crippen LogP contribution >= 0.6 is 15.9 Å². The summed E-state index contributed by atoms with van der Waals surface area (Å²) in [7, 11) is -3.04. The molecule has 21 heavy (non-hydrogen) atoms. The fraction of sp³-hybridized carbons (Fsp3) is 0.100. The number of aromatic nitrogens is 3. The van der Waals surface area contributed by atoms with Crippen LogP contribution in [0.25, 0.3) is 0 Å². The van der Waals surface area contributed by atoms with E-state index in [-0.39, 0.29) is 10.2 Å². The minimum atomic E-state index is -4.32. The number of halogens is 1. The number of hydrogen-bond donors (Lipinski definition) is 3. The number of anilines is 1. The van der Waals surface area contributed by atoms with Gasteiger partial charge in [0, 0.05) is 25.6 Å². The van der Waals surface area contributed by atoms with E-state index in [0.29, 0.717) is 0 Å². The maximum Gasteiger partial charge on any atom is 0.328 e. The second kappa shape index (κ2) is 5.33. The zero-order valence-electron chi connectivity index (χ0n) is 10.5. The number of nitrogens with zero attached hydrogens (tertiary/aromatic N) is 1. The molecule has 3 N–H and O–H groups in total. The van der Waals surface area contributed by atoms with E-state index in [9.17, 15) is 22.8 Å². The molecular weight excluding hydrogens is 368 g/mol. The normalized spacial score (nSPS) is 11.3. The summed E-state index contributed by atoms with van der Waals surface area (Å²) in [4.78, 5) is 38.3. The number of rotatable bonds is 3. The van der Waals surface area contributed by atoms with E-state index in [0.717, 1.165) is 17.0 Å². The Morgan fingerprint density at radius 1 is 1.24 bits per heavy atom. The van der Waals surface area contributed by atoms with Crippen LogP contribution in [0, 0.1) is 0 Å². The molecule has 0 bridgehead atoms. The Morgan fingerprint density at radius 3 is 2.57 bits per heavy atom. The van der Waals surface area contributed by atoms with E-state index >= 15 is 0 Å². The average Bonchev–Trinajstić information content (AvgIpc) is 2.39. The Kier molecular flexibility index (Phi) is 3.87. The third kappa shape index (κ3) is 2.97. The van der Waals surface area contributed by atoms with Crippen LogP contribution in [0.4, 0.5) is 5.69 Å². The third-order valence-electron chi connectivity index (χ3n) is 2.51. The highest BCUT2D eigenvalue weighted by atomic mass is 79.9. The first-order chi connectivity index (χ1) is 9.72. The Labute approximate surface area is 125 Å². The van der Waals surface area contributed by atoms with Crippen LogP contribution in [-0.2, 0) is 17.1 Å². The average molecular weight is 377 g/mol. The molecule has 0 amide bonds. The van der Waals surface area contributed by atoms with Crippen molar-refractivity contribution in [2.45, 2.75) is 4.90 Å². The van der Waals surface area contributed by atoms with Gasteiger partial charge in [0.2, 0.25) is 5.43 Å². The van der Waals surface area contributed by atoms with Crippen molar-refractivity contribution in [1.82, 2.24) is 14.5 Å². The van der Waals surface area contributed by atoms with Crippen molar-refractivity contribution in [3.05, 3.63) is 54.1 Å². The first kappa shape index (κ1) is 15.3. The zero-order valence-corrected chi connectivity index (χ0v) is 12.9. The minimum absolute atomic E-state index is 0.122. The van der Waals surface area contributed by atoms with E-state index in [1.165, 1.54) is 13.2 Å². The largest absolute Gasteiger partial charge is 0.365 e. The summed E-state index contributed by atoms with van der Waals surface area (Å²) in [5.41, 5.74) is -2.69. The summed E-state index contributed by atoms with van der Waals surface area (Å²) in [6.45, 7) is 0. The monoisotopic (exact) mass is 376 g/mol. The van der Waals surface area contributed by atoms with E-state index in [2.05, 4.69) is 20.9 Å². The second-order valence-electron chi connectivity index (χ2n) is 4.02. The Hall–Kier alpha value is -2.14. The van der Waals surface area contributed by atoms with Crippen molar-refractivity contribution in [1.29, 1.82) is 0 Å². The zero-order chi connectivity index (χ0) is 15.8. The molecule has 9 nitrogen and oxygen atoms in total. The molecule has 0 saturated carbocycles. The summed E-state index contributed by atoms with van der Waals surface area (Å²) >= 11 is 2.95. The summed E-state index contributed by atoms with van der Waals surface area (Å²) in [6.07, 6.45) is 3.34. The van der Waals surface area contributed by atoms with Crippen molar-refractivity contribution in [3.63, 3.8) is 0 Å². The number of sulfonamides is 1. The molecule has 0 atom stereocenters. The van der Waals surface area contributed by atoms with Gasteiger partial charge in [-0.1, -0.05) is 0 Å². The van der Waals surface area contributed by atoms with Gasteiger partial charge in [-0.2, -0.15) is 0 Å². The highest BCUT2D eigenvalue weighted by Gasteiger charge is 2.21. The lowest BCUT2D eigenvalue weighted by Crippen LogP contribution is -2.33. The van der Waals surface area contributed by atoms with Crippen molar-refractivity contribution in [2.24, 2.45) is 7.05 Å². The molecular formula is C10H9BrN4O5S. The van der Waals surface area contributed by atoms with Gasteiger partial charge < -0.3 is 9.55 Å². The summed E-state index contributed by atoms with van der Waals surface area (Å²) in [5, 5.41) is 0. The van der Waals surface area contributed by atoms with E-state index < -0.39 is 31.6 Å². The summed E-state index contributed by atoms with van der Waals surface area (Å²) < 4.78 is 27.3. The van der Waals surface area contributed by atoms with Gasteiger partial charge in [-0.25, -0.2) is 13.2 Å². The van der Waals surface area contributed by atoms with E-state index in [4.69, 9.17) is 0 Å². The lowest BCUT2D eigenvalue weighted by molar-refractivity contribution is 0.596. The number of hydrogen-bond acceptors (Lipinski definition) is 5. The smallest absolute Gasteiger partial charge is 0.328 e. The minimum Gasteiger partial charge on any atom is -0.365 e. The van der Waals surface area contributed by atoms with Gasteiger partial charge >= 0.3 is 5.69 Å². The lowest BCUT2D eigenvalue weighted by atomic mass is 10.4. The van der Waals surface area contributed by atoms with Gasteiger partial charge in [-0.05, 0) is 15.9 Å².